The maximum absolute atomic E-state index is 6.13. The maximum Gasteiger partial charge on any atom is 0.0426 e. The molecule has 2 saturated heterocycles. The SMILES string of the molecule is Clc1cccc(N2CCN(CCN3CCN(c4cccc(Cl)c4)CC3)CC2)c1. The summed E-state index contributed by atoms with van der Waals surface area (Å²) in [5.74, 6) is 0. The van der Waals surface area contributed by atoms with Crippen LogP contribution in [0.2, 0.25) is 10.0 Å². The number of hydrogen-bond acceptors (Lipinski definition) is 4. The Morgan fingerprint density at radius 3 is 1.32 bits per heavy atom. The minimum atomic E-state index is 0.817. The lowest BCUT2D eigenvalue weighted by molar-refractivity contribution is 0.190. The molecule has 4 rings (SSSR count). The van der Waals surface area contributed by atoms with Gasteiger partial charge in [-0.2, -0.15) is 0 Å². The molecule has 0 N–H and O–H groups in total. The van der Waals surface area contributed by atoms with Crippen molar-refractivity contribution >= 4 is 34.6 Å². The Hall–Kier alpha value is -1.46. The van der Waals surface area contributed by atoms with Crippen molar-refractivity contribution < 1.29 is 0 Å². The second kappa shape index (κ2) is 9.36. The van der Waals surface area contributed by atoms with Crippen LogP contribution < -0.4 is 9.80 Å². The van der Waals surface area contributed by atoms with Gasteiger partial charge >= 0.3 is 0 Å². The lowest BCUT2D eigenvalue weighted by Gasteiger charge is -2.39. The van der Waals surface area contributed by atoms with Crippen LogP contribution in [0.5, 0.6) is 0 Å². The van der Waals surface area contributed by atoms with Gasteiger partial charge in [-0.1, -0.05) is 35.3 Å². The number of halogens is 2. The Morgan fingerprint density at radius 1 is 0.571 bits per heavy atom. The van der Waals surface area contributed by atoms with Gasteiger partial charge < -0.3 is 9.80 Å². The lowest BCUT2D eigenvalue weighted by atomic mass is 10.2. The summed E-state index contributed by atoms with van der Waals surface area (Å²) in [5, 5.41) is 1.63. The smallest absolute Gasteiger partial charge is 0.0426 e. The first-order valence-electron chi connectivity index (χ1n) is 10.1. The van der Waals surface area contributed by atoms with E-state index in [4.69, 9.17) is 23.2 Å². The van der Waals surface area contributed by atoms with Crippen LogP contribution in [-0.2, 0) is 0 Å². The van der Waals surface area contributed by atoms with Crippen LogP contribution in [0.4, 0.5) is 11.4 Å². The minimum absolute atomic E-state index is 0.817. The fraction of sp³-hybridized carbons (Fsp3) is 0.455. The standard InChI is InChI=1S/C22H28Cl2N4/c23-19-3-1-5-21(17-19)27-13-9-25(10-14-27)7-8-26-11-15-28(16-12-26)22-6-2-4-20(24)18-22/h1-6,17-18H,7-16H2. The van der Waals surface area contributed by atoms with Crippen LogP contribution in [0.25, 0.3) is 0 Å². The van der Waals surface area contributed by atoms with E-state index < -0.39 is 0 Å². The van der Waals surface area contributed by atoms with E-state index >= 15 is 0 Å². The molecule has 28 heavy (non-hydrogen) atoms. The lowest BCUT2D eigenvalue weighted by Crippen LogP contribution is -2.51. The Morgan fingerprint density at radius 2 is 0.964 bits per heavy atom. The summed E-state index contributed by atoms with van der Waals surface area (Å²) >= 11 is 12.3. The molecule has 2 heterocycles. The number of anilines is 2. The van der Waals surface area contributed by atoms with Gasteiger partial charge in [0.15, 0.2) is 0 Å². The molecule has 2 aliphatic rings. The molecule has 2 aromatic carbocycles. The fourth-order valence-corrected chi connectivity index (χ4v) is 4.46. The van der Waals surface area contributed by atoms with Gasteiger partial charge in [0.1, 0.15) is 0 Å². The van der Waals surface area contributed by atoms with Crippen LogP contribution in [0.3, 0.4) is 0 Å². The Labute approximate surface area is 178 Å². The normalized spacial score (nSPS) is 19.2. The quantitative estimate of drug-likeness (QED) is 0.728. The van der Waals surface area contributed by atoms with Gasteiger partial charge in [-0.15, -0.1) is 0 Å². The summed E-state index contributed by atoms with van der Waals surface area (Å²) in [5.41, 5.74) is 2.48. The molecule has 0 aliphatic carbocycles. The summed E-state index contributed by atoms with van der Waals surface area (Å²) < 4.78 is 0. The van der Waals surface area contributed by atoms with Gasteiger partial charge in [0.25, 0.3) is 0 Å². The molecule has 2 aromatic rings. The summed E-state index contributed by atoms with van der Waals surface area (Å²) in [6.45, 7) is 11.1. The number of piperazine rings is 2. The highest BCUT2D eigenvalue weighted by molar-refractivity contribution is 6.31. The van der Waals surface area contributed by atoms with E-state index in [1.165, 1.54) is 11.4 Å². The predicted octanol–water partition coefficient (Wildman–Crippen LogP) is 3.94. The number of nitrogens with zero attached hydrogens (tertiary/aromatic N) is 4. The molecule has 0 bridgehead atoms. The van der Waals surface area contributed by atoms with Crippen molar-refractivity contribution in [3.05, 3.63) is 58.6 Å². The summed E-state index contributed by atoms with van der Waals surface area (Å²) in [6.07, 6.45) is 0. The van der Waals surface area contributed by atoms with E-state index in [9.17, 15) is 0 Å². The van der Waals surface area contributed by atoms with Crippen LogP contribution in [-0.4, -0.2) is 75.2 Å². The topological polar surface area (TPSA) is 13.0 Å². The van der Waals surface area contributed by atoms with Gasteiger partial charge in [0, 0.05) is 86.9 Å². The molecule has 6 heteroatoms. The minimum Gasteiger partial charge on any atom is -0.369 e. The monoisotopic (exact) mass is 418 g/mol. The number of rotatable bonds is 5. The molecule has 4 nitrogen and oxygen atoms in total. The third-order valence-corrected chi connectivity index (χ3v) is 6.29. The van der Waals surface area contributed by atoms with E-state index in [2.05, 4.69) is 43.9 Å². The third-order valence-electron chi connectivity index (χ3n) is 5.82. The molecule has 0 spiro atoms. The van der Waals surface area contributed by atoms with Gasteiger partial charge in [0.05, 0.1) is 0 Å². The molecular weight excluding hydrogens is 391 g/mol. The van der Waals surface area contributed by atoms with Crippen molar-refractivity contribution in [3.63, 3.8) is 0 Å². The first kappa shape index (κ1) is 19.8. The average Bonchev–Trinajstić information content (AvgIpc) is 2.73. The summed E-state index contributed by atoms with van der Waals surface area (Å²) in [4.78, 5) is 10.0. The molecule has 0 radical (unpaired) electrons. The van der Waals surface area contributed by atoms with E-state index in [1.54, 1.807) is 0 Å². The Kier molecular flexibility index (Phi) is 6.63. The molecular formula is C22H28Cl2N4. The zero-order valence-electron chi connectivity index (χ0n) is 16.2. The molecule has 0 aromatic heterocycles. The number of hydrogen-bond donors (Lipinski definition) is 0. The summed E-state index contributed by atoms with van der Waals surface area (Å²) in [7, 11) is 0. The van der Waals surface area contributed by atoms with Gasteiger partial charge in [-0.3, -0.25) is 9.80 Å². The fourth-order valence-electron chi connectivity index (χ4n) is 4.09. The first-order valence-corrected chi connectivity index (χ1v) is 10.9. The zero-order chi connectivity index (χ0) is 19.3. The van der Waals surface area contributed by atoms with Crippen molar-refractivity contribution in [2.45, 2.75) is 0 Å². The van der Waals surface area contributed by atoms with Crippen molar-refractivity contribution in [2.24, 2.45) is 0 Å². The molecule has 0 unspecified atom stereocenters. The highest BCUT2D eigenvalue weighted by Gasteiger charge is 2.20. The van der Waals surface area contributed by atoms with Crippen molar-refractivity contribution in [1.82, 2.24) is 9.80 Å². The van der Waals surface area contributed by atoms with E-state index in [0.717, 1.165) is 75.5 Å². The number of benzene rings is 2. The Balaban J connectivity index is 1.18. The van der Waals surface area contributed by atoms with E-state index in [-0.39, 0.29) is 0 Å². The van der Waals surface area contributed by atoms with Gasteiger partial charge in [-0.05, 0) is 36.4 Å². The third kappa shape index (κ3) is 5.12. The van der Waals surface area contributed by atoms with Gasteiger partial charge in [-0.25, -0.2) is 0 Å². The van der Waals surface area contributed by atoms with Crippen molar-refractivity contribution in [3.8, 4) is 0 Å². The first-order chi connectivity index (χ1) is 13.7. The molecule has 2 fully saturated rings. The molecule has 0 atom stereocenters. The molecule has 150 valence electrons. The predicted molar refractivity (Wildman–Crippen MR) is 120 cm³/mol. The zero-order valence-corrected chi connectivity index (χ0v) is 17.7. The van der Waals surface area contributed by atoms with Crippen LogP contribution in [0.15, 0.2) is 48.5 Å². The van der Waals surface area contributed by atoms with Crippen LogP contribution in [0, 0.1) is 0 Å². The molecule has 2 aliphatic heterocycles. The second-order valence-corrected chi connectivity index (χ2v) is 8.49. The second-order valence-electron chi connectivity index (χ2n) is 7.62. The van der Waals surface area contributed by atoms with Gasteiger partial charge in [0.2, 0.25) is 0 Å². The molecule has 0 saturated carbocycles. The van der Waals surface area contributed by atoms with E-state index in [1.807, 2.05) is 24.3 Å². The van der Waals surface area contributed by atoms with E-state index in [0.29, 0.717) is 0 Å². The average molecular weight is 419 g/mol. The summed E-state index contributed by atoms with van der Waals surface area (Å²) in [6, 6.07) is 16.4. The molecule has 0 amide bonds. The van der Waals surface area contributed by atoms with Crippen molar-refractivity contribution in [2.75, 3.05) is 75.2 Å². The highest BCUT2D eigenvalue weighted by Crippen LogP contribution is 2.22. The largest absolute Gasteiger partial charge is 0.369 e. The Bertz CT molecular complexity index is 703. The van der Waals surface area contributed by atoms with Crippen LogP contribution >= 0.6 is 23.2 Å². The van der Waals surface area contributed by atoms with Crippen LogP contribution in [0.1, 0.15) is 0 Å². The van der Waals surface area contributed by atoms with Crippen molar-refractivity contribution in [1.29, 1.82) is 0 Å². The maximum atomic E-state index is 6.13. The highest BCUT2D eigenvalue weighted by atomic mass is 35.5.